The monoisotopic (exact) mass is 453 g/mol. The summed E-state index contributed by atoms with van der Waals surface area (Å²) in [5.74, 6) is 0.314. The first-order valence-electron chi connectivity index (χ1n) is 10.5. The summed E-state index contributed by atoms with van der Waals surface area (Å²) in [7, 11) is -3.80. The van der Waals surface area contributed by atoms with Crippen molar-refractivity contribution in [3.8, 4) is 5.75 Å². The first-order chi connectivity index (χ1) is 14.4. The van der Waals surface area contributed by atoms with Gasteiger partial charge in [0.1, 0.15) is 17.5 Å². The maximum Gasteiger partial charge on any atom is 0.410 e. The second kappa shape index (κ2) is 8.66. The number of nitrogens with zero attached hydrogens (tertiary/aromatic N) is 3. The summed E-state index contributed by atoms with van der Waals surface area (Å²) in [6, 6.07) is 4.59. The first kappa shape index (κ1) is 23.3. The van der Waals surface area contributed by atoms with E-state index in [4.69, 9.17) is 9.47 Å². The van der Waals surface area contributed by atoms with E-state index in [-0.39, 0.29) is 30.0 Å². The number of amides is 2. The van der Waals surface area contributed by atoms with Crippen LogP contribution in [-0.4, -0.2) is 74.1 Å². The number of benzene rings is 1. The molecule has 0 saturated carbocycles. The van der Waals surface area contributed by atoms with Gasteiger partial charge in [0.05, 0.1) is 17.1 Å². The van der Waals surface area contributed by atoms with Crippen LogP contribution >= 0.6 is 0 Å². The minimum atomic E-state index is -3.80. The van der Waals surface area contributed by atoms with Crippen LogP contribution in [0.25, 0.3) is 0 Å². The molecule has 1 atom stereocenters. The van der Waals surface area contributed by atoms with Gasteiger partial charge in [-0.2, -0.15) is 4.31 Å². The minimum absolute atomic E-state index is 0.0985. The van der Waals surface area contributed by atoms with Gasteiger partial charge in [-0.15, -0.1) is 0 Å². The number of hydrogen-bond acceptors (Lipinski definition) is 6. The highest BCUT2D eigenvalue weighted by Crippen LogP contribution is 2.36. The number of sulfonamides is 1. The van der Waals surface area contributed by atoms with Crippen molar-refractivity contribution in [3.05, 3.63) is 18.2 Å². The molecule has 2 heterocycles. The number of ether oxygens (including phenoxy) is 2. The molecule has 1 fully saturated rings. The molecule has 10 heteroatoms. The highest BCUT2D eigenvalue weighted by Gasteiger charge is 2.32. The summed E-state index contributed by atoms with van der Waals surface area (Å²) in [6.07, 6.45) is -0.115. The largest absolute Gasteiger partial charge is 0.487 e. The average Bonchev–Trinajstić information content (AvgIpc) is 2.92. The van der Waals surface area contributed by atoms with Crippen molar-refractivity contribution in [2.75, 3.05) is 37.6 Å². The van der Waals surface area contributed by atoms with Gasteiger partial charge in [0.15, 0.2) is 0 Å². The molecule has 2 amide bonds. The van der Waals surface area contributed by atoms with Gasteiger partial charge >= 0.3 is 6.09 Å². The molecule has 1 aromatic carbocycles. The predicted octanol–water partition coefficient (Wildman–Crippen LogP) is 2.45. The Hall–Kier alpha value is -2.33. The highest BCUT2D eigenvalue weighted by molar-refractivity contribution is 7.89. The van der Waals surface area contributed by atoms with E-state index in [1.165, 1.54) is 28.3 Å². The summed E-state index contributed by atoms with van der Waals surface area (Å²) in [5, 5.41) is 0. The van der Waals surface area contributed by atoms with Gasteiger partial charge in [0.25, 0.3) is 0 Å². The lowest BCUT2D eigenvalue weighted by molar-refractivity contribution is -0.117. The number of carbonyl (C=O) groups is 2. The van der Waals surface area contributed by atoms with Gasteiger partial charge in [-0.1, -0.05) is 0 Å². The van der Waals surface area contributed by atoms with Crippen LogP contribution < -0.4 is 9.64 Å². The molecular formula is C21H31N3O6S. The topological polar surface area (TPSA) is 96.5 Å². The van der Waals surface area contributed by atoms with Gasteiger partial charge in [0, 0.05) is 33.1 Å². The van der Waals surface area contributed by atoms with Crippen LogP contribution in [0.5, 0.6) is 5.75 Å². The Bertz CT molecular complexity index is 956. The maximum absolute atomic E-state index is 13.3. The molecule has 172 valence electrons. The van der Waals surface area contributed by atoms with Crippen molar-refractivity contribution in [2.24, 2.45) is 0 Å². The third-order valence-electron chi connectivity index (χ3n) is 5.11. The zero-order chi connectivity index (χ0) is 23.0. The molecule has 0 bridgehead atoms. The lowest BCUT2D eigenvalue weighted by Crippen LogP contribution is -2.41. The van der Waals surface area contributed by atoms with Crippen LogP contribution in [0.1, 0.15) is 41.0 Å². The van der Waals surface area contributed by atoms with E-state index in [2.05, 4.69) is 0 Å². The normalized spacial score (nSPS) is 20.5. The molecule has 3 rings (SSSR count). The van der Waals surface area contributed by atoms with Crippen molar-refractivity contribution in [1.29, 1.82) is 0 Å². The van der Waals surface area contributed by atoms with Crippen LogP contribution in [0.15, 0.2) is 23.1 Å². The van der Waals surface area contributed by atoms with Crippen molar-refractivity contribution in [2.45, 2.75) is 57.6 Å². The van der Waals surface area contributed by atoms with E-state index >= 15 is 0 Å². The van der Waals surface area contributed by atoms with Crippen LogP contribution in [0.3, 0.4) is 0 Å². The Morgan fingerprint density at radius 1 is 1.13 bits per heavy atom. The molecule has 0 radical (unpaired) electrons. The quantitative estimate of drug-likeness (QED) is 0.683. The molecule has 2 aliphatic heterocycles. The molecule has 1 saturated heterocycles. The van der Waals surface area contributed by atoms with E-state index in [9.17, 15) is 18.0 Å². The van der Waals surface area contributed by atoms with Crippen LogP contribution in [-0.2, 0) is 19.6 Å². The smallest absolute Gasteiger partial charge is 0.410 e. The summed E-state index contributed by atoms with van der Waals surface area (Å²) >= 11 is 0. The fourth-order valence-corrected chi connectivity index (χ4v) is 5.16. The van der Waals surface area contributed by atoms with Crippen molar-refractivity contribution >= 4 is 27.7 Å². The lowest BCUT2D eigenvalue weighted by atomic mass is 10.2. The summed E-state index contributed by atoms with van der Waals surface area (Å²) < 4.78 is 39.2. The Balaban J connectivity index is 1.80. The zero-order valence-electron chi connectivity index (χ0n) is 18.8. The van der Waals surface area contributed by atoms with Gasteiger partial charge in [-0.3, -0.25) is 4.79 Å². The molecule has 1 aromatic rings. The van der Waals surface area contributed by atoms with Crippen molar-refractivity contribution in [1.82, 2.24) is 9.21 Å². The first-order valence-corrected chi connectivity index (χ1v) is 11.9. The van der Waals surface area contributed by atoms with Crippen molar-refractivity contribution in [3.63, 3.8) is 0 Å². The van der Waals surface area contributed by atoms with Gasteiger partial charge < -0.3 is 19.3 Å². The Morgan fingerprint density at radius 3 is 2.48 bits per heavy atom. The number of anilines is 1. The molecule has 0 aromatic heterocycles. The molecule has 31 heavy (non-hydrogen) atoms. The second-order valence-corrected chi connectivity index (χ2v) is 10.9. The van der Waals surface area contributed by atoms with E-state index < -0.39 is 21.7 Å². The molecule has 2 aliphatic rings. The number of hydrogen-bond donors (Lipinski definition) is 0. The molecule has 0 spiro atoms. The van der Waals surface area contributed by atoms with Crippen LogP contribution in [0.4, 0.5) is 10.5 Å². The Labute approximate surface area is 183 Å². The van der Waals surface area contributed by atoms with Gasteiger partial charge in [-0.05, 0) is 52.3 Å². The van der Waals surface area contributed by atoms with E-state index in [0.29, 0.717) is 37.5 Å². The predicted molar refractivity (Wildman–Crippen MR) is 116 cm³/mol. The number of carbonyl (C=O) groups excluding carboxylic acids is 2. The molecule has 1 unspecified atom stereocenters. The van der Waals surface area contributed by atoms with Crippen LogP contribution in [0.2, 0.25) is 0 Å². The van der Waals surface area contributed by atoms with Crippen molar-refractivity contribution < 1.29 is 27.5 Å². The highest BCUT2D eigenvalue weighted by atomic mass is 32.2. The summed E-state index contributed by atoms with van der Waals surface area (Å²) in [5.41, 5.74) is -0.155. The fraction of sp³-hybridized carbons (Fsp3) is 0.619. The minimum Gasteiger partial charge on any atom is -0.487 e. The second-order valence-electron chi connectivity index (χ2n) is 8.91. The zero-order valence-corrected chi connectivity index (χ0v) is 19.6. The number of fused-ring (bicyclic) bond motifs is 1. The maximum atomic E-state index is 13.3. The van der Waals surface area contributed by atoms with E-state index in [1.54, 1.807) is 31.7 Å². The van der Waals surface area contributed by atoms with Crippen LogP contribution in [0, 0.1) is 0 Å². The Kier molecular flexibility index (Phi) is 6.52. The fourth-order valence-electron chi connectivity index (χ4n) is 3.67. The molecule has 9 nitrogen and oxygen atoms in total. The SMILES string of the molecule is CC(=O)N1CC(C)Oc2ccc(S(=O)(=O)N3CCCN(C(=O)OC(C)(C)C)CC3)cc21. The van der Waals surface area contributed by atoms with Gasteiger partial charge in [-0.25, -0.2) is 13.2 Å². The van der Waals surface area contributed by atoms with E-state index in [1.807, 2.05) is 6.92 Å². The van der Waals surface area contributed by atoms with Gasteiger partial charge in [0.2, 0.25) is 15.9 Å². The lowest BCUT2D eigenvalue weighted by Gasteiger charge is -2.33. The molecule has 0 aliphatic carbocycles. The third kappa shape index (κ3) is 5.30. The Morgan fingerprint density at radius 2 is 1.84 bits per heavy atom. The molecular weight excluding hydrogens is 422 g/mol. The molecule has 0 N–H and O–H groups in total. The number of rotatable bonds is 2. The summed E-state index contributed by atoms with van der Waals surface area (Å²) in [4.78, 5) is 27.6. The average molecular weight is 454 g/mol. The third-order valence-corrected chi connectivity index (χ3v) is 7.01. The summed E-state index contributed by atoms with van der Waals surface area (Å²) in [6.45, 7) is 10.2. The van der Waals surface area contributed by atoms with E-state index in [0.717, 1.165) is 0 Å². The standard InChI is InChI=1S/C21H31N3O6S/c1-15-14-24(16(2)25)18-13-17(7-8-19(18)29-15)31(27,28)23-10-6-9-22(11-12-23)20(26)30-21(3,4)5/h7-8,13,15H,6,9-12,14H2,1-5H3.